The van der Waals surface area contributed by atoms with E-state index in [1.165, 1.54) is 6.07 Å². The van der Waals surface area contributed by atoms with E-state index in [2.05, 4.69) is 10.6 Å². The molecule has 1 aliphatic rings. The average Bonchev–Trinajstić information content (AvgIpc) is 2.33. The largest absolute Gasteiger partial charge is 0.383 e. The Labute approximate surface area is 95.0 Å². The molecule has 1 atom stereocenters. The van der Waals surface area contributed by atoms with Gasteiger partial charge in [-0.1, -0.05) is 12.1 Å². The SMILES string of the molecule is Fc1ccccc1NCCC1CNCCO1. The molecule has 88 valence electrons. The standard InChI is InChI=1S/C12H17FN2O/c13-11-3-1-2-4-12(11)15-6-5-10-9-14-7-8-16-10/h1-4,10,14-15H,5-9H2. The highest BCUT2D eigenvalue weighted by Crippen LogP contribution is 2.12. The van der Waals surface area contributed by atoms with Gasteiger partial charge in [0.2, 0.25) is 0 Å². The van der Waals surface area contributed by atoms with Crippen molar-refractivity contribution < 1.29 is 9.13 Å². The fourth-order valence-corrected chi connectivity index (χ4v) is 1.78. The molecule has 0 spiro atoms. The van der Waals surface area contributed by atoms with E-state index in [0.717, 1.165) is 32.7 Å². The zero-order valence-electron chi connectivity index (χ0n) is 9.21. The number of morpholine rings is 1. The minimum atomic E-state index is -0.204. The molecule has 1 aromatic rings. The van der Waals surface area contributed by atoms with E-state index in [0.29, 0.717) is 5.69 Å². The third-order valence-corrected chi connectivity index (χ3v) is 2.66. The van der Waals surface area contributed by atoms with Crippen LogP contribution in [0.3, 0.4) is 0 Å². The van der Waals surface area contributed by atoms with Crippen LogP contribution in [0.5, 0.6) is 0 Å². The van der Waals surface area contributed by atoms with Gasteiger partial charge in [0.05, 0.1) is 18.4 Å². The fraction of sp³-hybridized carbons (Fsp3) is 0.500. The van der Waals surface area contributed by atoms with Crippen LogP contribution in [0.4, 0.5) is 10.1 Å². The first-order chi connectivity index (χ1) is 7.86. The highest BCUT2D eigenvalue weighted by atomic mass is 19.1. The lowest BCUT2D eigenvalue weighted by molar-refractivity contribution is 0.0258. The number of rotatable bonds is 4. The van der Waals surface area contributed by atoms with Crippen LogP contribution in [0, 0.1) is 5.82 Å². The normalized spacial score (nSPS) is 20.7. The molecule has 1 aliphatic heterocycles. The summed E-state index contributed by atoms with van der Waals surface area (Å²) in [5, 5.41) is 6.35. The van der Waals surface area contributed by atoms with Crippen molar-refractivity contribution in [3.05, 3.63) is 30.1 Å². The molecule has 0 amide bonds. The molecule has 0 radical (unpaired) electrons. The van der Waals surface area contributed by atoms with Gasteiger partial charge < -0.3 is 15.4 Å². The van der Waals surface area contributed by atoms with Crippen molar-refractivity contribution in [3.63, 3.8) is 0 Å². The van der Waals surface area contributed by atoms with Gasteiger partial charge >= 0.3 is 0 Å². The van der Waals surface area contributed by atoms with Crippen LogP contribution < -0.4 is 10.6 Å². The molecule has 0 saturated carbocycles. The number of ether oxygens (including phenoxy) is 1. The topological polar surface area (TPSA) is 33.3 Å². The van der Waals surface area contributed by atoms with E-state index in [1.807, 2.05) is 6.07 Å². The zero-order valence-corrected chi connectivity index (χ0v) is 9.21. The van der Waals surface area contributed by atoms with Gasteiger partial charge in [0.15, 0.2) is 0 Å². The second-order valence-electron chi connectivity index (χ2n) is 3.89. The van der Waals surface area contributed by atoms with Gasteiger partial charge in [0.25, 0.3) is 0 Å². The number of para-hydroxylation sites is 1. The summed E-state index contributed by atoms with van der Waals surface area (Å²) in [7, 11) is 0. The number of halogens is 1. The molecule has 0 aromatic heterocycles. The van der Waals surface area contributed by atoms with Crippen molar-refractivity contribution in [1.82, 2.24) is 5.32 Å². The summed E-state index contributed by atoms with van der Waals surface area (Å²) in [5.41, 5.74) is 0.561. The Hall–Kier alpha value is -1.13. The van der Waals surface area contributed by atoms with E-state index < -0.39 is 0 Å². The molecule has 1 heterocycles. The molecule has 3 nitrogen and oxygen atoms in total. The molecule has 2 N–H and O–H groups in total. The van der Waals surface area contributed by atoms with Gasteiger partial charge in [0.1, 0.15) is 5.82 Å². The second kappa shape index (κ2) is 5.82. The Balaban J connectivity index is 1.73. The molecular weight excluding hydrogens is 207 g/mol. The van der Waals surface area contributed by atoms with Gasteiger partial charge in [-0.05, 0) is 18.6 Å². The number of hydrogen-bond acceptors (Lipinski definition) is 3. The minimum absolute atomic E-state index is 0.204. The molecule has 0 bridgehead atoms. The second-order valence-corrected chi connectivity index (χ2v) is 3.89. The summed E-state index contributed by atoms with van der Waals surface area (Å²) in [6, 6.07) is 6.72. The first kappa shape index (κ1) is 11.4. The van der Waals surface area contributed by atoms with Crippen molar-refractivity contribution >= 4 is 5.69 Å². The third-order valence-electron chi connectivity index (χ3n) is 2.66. The van der Waals surface area contributed by atoms with Gasteiger partial charge in [-0.2, -0.15) is 0 Å². The number of hydrogen-bond donors (Lipinski definition) is 2. The Bertz CT molecular complexity index is 327. The van der Waals surface area contributed by atoms with Crippen molar-refractivity contribution in [1.29, 1.82) is 0 Å². The van der Waals surface area contributed by atoms with Crippen molar-refractivity contribution in [2.45, 2.75) is 12.5 Å². The predicted molar refractivity (Wildman–Crippen MR) is 62.1 cm³/mol. The summed E-state index contributed by atoms with van der Waals surface area (Å²) in [5.74, 6) is -0.204. The van der Waals surface area contributed by atoms with Crippen molar-refractivity contribution in [2.24, 2.45) is 0 Å². The van der Waals surface area contributed by atoms with Crippen LogP contribution in [-0.4, -0.2) is 32.3 Å². The van der Waals surface area contributed by atoms with E-state index >= 15 is 0 Å². The van der Waals surface area contributed by atoms with E-state index in [1.54, 1.807) is 12.1 Å². The summed E-state index contributed by atoms with van der Waals surface area (Å²) in [4.78, 5) is 0. The zero-order chi connectivity index (χ0) is 11.2. The summed E-state index contributed by atoms with van der Waals surface area (Å²) in [6.45, 7) is 3.31. The van der Waals surface area contributed by atoms with Crippen LogP contribution in [-0.2, 0) is 4.74 Å². The maximum absolute atomic E-state index is 13.2. The monoisotopic (exact) mass is 224 g/mol. The maximum atomic E-state index is 13.2. The molecule has 16 heavy (non-hydrogen) atoms. The smallest absolute Gasteiger partial charge is 0.146 e. The average molecular weight is 224 g/mol. The quantitative estimate of drug-likeness (QED) is 0.815. The first-order valence-corrected chi connectivity index (χ1v) is 5.67. The van der Waals surface area contributed by atoms with Crippen molar-refractivity contribution in [3.8, 4) is 0 Å². The van der Waals surface area contributed by atoms with Crippen LogP contribution in [0.25, 0.3) is 0 Å². The van der Waals surface area contributed by atoms with Crippen LogP contribution in [0.2, 0.25) is 0 Å². The summed E-state index contributed by atoms with van der Waals surface area (Å²) >= 11 is 0. The lowest BCUT2D eigenvalue weighted by atomic mass is 10.2. The summed E-state index contributed by atoms with van der Waals surface area (Å²) in [6.07, 6.45) is 1.13. The number of nitrogens with one attached hydrogen (secondary N) is 2. The van der Waals surface area contributed by atoms with Crippen LogP contribution in [0.1, 0.15) is 6.42 Å². The van der Waals surface area contributed by atoms with E-state index in [9.17, 15) is 4.39 Å². The lowest BCUT2D eigenvalue weighted by Crippen LogP contribution is -2.39. The van der Waals surface area contributed by atoms with Crippen LogP contribution >= 0.6 is 0 Å². The summed E-state index contributed by atoms with van der Waals surface area (Å²) < 4.78 is 18.8. The van der Waals surface area contributed by atoms with Crippen molar-refractivity contribution in [2.75, 3.05) is 31.6 Å². The highest BCUT2D eigenvalue weighted by molar-refractivity contribution is 5.44. The molecule has 1 aromatic carbocycles. The molecule has 4 heteroatoms. The Morgan fingerprint density at radius 1 is 1.44 bits per heavy atom. The van der Waals surface area contributed by atoms with Gasteiger partial charge in [0, 0.05) is 19.6 Å². The Kier molecular flexibility index (Phi) is 4.13. The molecule has 0 aliphatic carbocycles. The number of anilines is 1. The molecule has 1 fully saturated rings. The lowest BCUT2D eigenvalue weighted by Gasteiger charge is -2.23. The van der Waals surface area contributed by atoms with E-state index in [4.69, 9.17) is 4.74 Å². The minimum Gasteiger partial charge on any atom is -0.383 e. The first-order valence-electron chi connectivity index (χ1n) is 5.67. The maximum Gasteiger partial charge on any atom is 0.146 e. The van der Waals surface area contributed by atoms with Gasteiger partial charge in [-0.15, -0.1) is 0 Å². The van der Waals surface area contributed by atoms with Gasteiger partial charge in [-0.25, -0.2) is 4.39 Å². The molecule has 2 rings (SSSR count). The molecular formula is C12H17FN2O. The molecule has 1 unspecified atom stereocenters. The predicted octanol–water partition coefficient (Wildman–Crippen LogP) is 1.62. The third kappa shape index (κ3) is 3.18. The number of benzene rings is 1. The van der Waals surface area contributed by atoms with Gasteiger partial charge in [-0.3, -0.25) is 0 Å². The molecule has 1 saturated heterocycles. The Morgan fingerprint density at radius 3 is 3.06 bits per heavy atom. The van der Waals surface area contributed by atoms with Crippen LogP contribution in [0.15, 0.2) is 24.3 Å². The van der Waals surface area contributed by atoms with E-state index in [-0.39, 0.29) is 11.9 Å². The Morgan fingerprint density at radius 2 is 2.31 bits per heavy atom. The highest BCUT2D eigenvalue weighted by Gasteiger charge is 2.12. The fourth-order valence-electron chi connectivity index (χ4n) is 1.78.